The topological polar surface area (TPSA) is 77.0 Å². The molecule has 0 saturated carbocycles. The van der Waals surface area contributed by atoms with Gasteiger partial charge in [-0.25, -0.2) is 4.79 Å². The van der Waals surface area contributed by atoms with E-state index in [2.05, 4.69) is 37.2 Å². The van der Waals surface area contributed by atoms with Crippen LogP contribution in [0.2, 0.25) is 0 Å². The number of halogens is 2. The molecule has 6 nitrogen and oxygen atoms in total. The van der Waals surface area contributed by atoms with Gasteiger partial charge >= 0.3 is 13.2 Å². The predicted octanol–water partition coefficient (Wildman–Crippen LogP) is 4.29. The van der Waals surface area contributed by atoms with Gasteiger partial charge in [0.2, 0.25) is 0 Å². The fraction of sp³-hybridized carbons (Fsp3) is 0.316. The van der Waals surface area contributed by atoms with Gasteiger partial charge in [-0.1, -0.05) is 31.9 Å². The van der Waals surface area contributed by atoms with Gasteiger partial charge in [0.15, 0.2) is 0 Å². The molecule has 28 heavy (non-hydrogen) atoms. The summed E-state index contributed by atoms with van der Waals surface area (Å²) < 4.78 is 18.6. The maximum absolute atomic E-state index is 11.9. The van der Waals surface area contributed by atoms with E-state index in [1.54, 1.807) is 26.8 Å². The number of rotatable bonds is 4. The highest BCUT2D eigenvalue weighted by molar-refractivity contribution is 9.10. The summed E-state index contributed by atoms with van der Waals surface area (Å²) in [7, 11) is -1.16. The summed E-state index contributed by atoms with van der Waals surface area (Å²) in [4.78, 5) is 11.9. The first-order valence-corrected chi connectivity index (χ1v) is 10.3. The predicted molar refractivity (Wildman–Crippen MR) is 114 cm³/mol. The van der Waals surface area contributed by atoms with Crippen molar-refractivity contribution in [2.24, 2.45) is 0 Å². The molecule has 1 aliphatic heterocycles. The highest BCUT2D eigenvalue weighted by Crippen LogP contribution is 2.35. The van der Waals surface area contributed by atoms with E-state index in [9.17, 15) is 9.82 Å². The molecule has 2 aromatic rings. The molecule has 148 valence electrons. The number of nitrogens with one attached hydrogen (secondary N) is 1. The Labute approximate surface area is 181 Å². The smallest absolute Gasteiger partial charge is 0.458 e. The molecule has 2 aromatic carbocycles. The fourth-order valence-corrected chi connectivity index (χ4v) is 3.69. The van der Waals surface area contributed by atoms with Gasteiger partial charge in [0.05, 0.1) is 6.10 Å². The minimum Gasteiger partial charge on any atom is -0.458 e. The maximum Gasteiger partial charge on any atom is 0.495 e. The monoisotopic (exact) mass is 511 g/mol. The Hall–Kier alpha value is -1.55. The van der Waals surface area contributed by atoms with Crippen molar-refractivity contribution in [1.29, 1.82) is 0 Å². The Morgan fingerprint density at radius 2 is 1.89 bits per heavy atom. The third-order valence-corrected chi connectivity index (χ3v) is 5.15. The summed E-state index contributed by atoms with van der Waals surface area (Å²) in [5.74, 6) is 1.13. The van der Waals surface area contributed by atoms with Gasteiger partial charge < -0.3 is 24.5 Å². The number of hydrogen-bond acceptors (Lipinski definition) is 5. The number of hydrogen-bond donors (Lipinski definition) is 2. The number of carbonyl (C=O) groups excluding carboxylic acids is 1. The molecule has 1 amide bonds. The molecule has 3 rings (SSSR count). The van der Waals surface area contributed by atoms with Gasteiger partial charge in [0, 0.05) is 21.0 Å². The van der Waals surface area contributed by atoms with E-state index in [-0.39, 0.29) is 6.54 Å². The average Bonchev–Trinajstić information content (AvgIpc) is 2.94. The van der Waals surface area contributed by atoms with Crippen LogP contribution in [0, 0.1) is 0 Å². The number of carbonyl (C=O) groups is 1. The molecular formula is C19H20BBr2NO5. The first-order valence-electron chi connectivity index (χ1n) is 8.70. The van der Waals surface area contributed by atoms with E-state index < -0.39 is 24.9 Å². The van der Waals surface area contributed by atoms with Crippen LogP contribution in [0.15, 0.2) is 45.3 Å². The molecule has 0 aromatic heterocycles. The zero-order chi connectivity index (χ0) is 20.5. The zero-order valence-electron chi connectivity index (χ0n) is 15.7. The van der Waals surface area contributed by atoms with Crippen LogP contribution in [0.25, 0.3) is 0 Å². The number of alkyl carbamates (subject to hydrolysis) is 1. The molecule has 1 heterocycles. The van der Waals surface area contributed by atoms with Gasteiger partial charge in [-0.15, -0.1) is 0 Å². The van der Waals surface area contributed by atoms with Crippen LogP contribution in [-0.2, 0) is 9.39 Å². The lowest BCUT2D eigenvalue weighted by Crippen LogP contribution is -2.35. The van der Waals surface area contributed by atoms with Crippen LogP contribution in [0.4, 0.5) is 4.79 Å². The lowest BCUT2D eigenvalue weighted by atomic mass is 9.78. The standard InChI is InChI=1S/C19H20BBr2NO5/c1-19(2,3)27-18(24)23-10-15-16-13(22)8-9-14(17(16)20(25)28-15)26-12-6-4-11(21)5-7-12/h4-9,15,25H,10H2,1-3H3,(H,23,24). The van der Waals surface area contributed by atoms with E-state index in [1.807, 2.05) is 30.3 Å². The van der Waals surface area contributed by atoms with Gasteiger partial charge in [-0.3, -0.25) is 0 Å². The van der Waals surface area contributed by atoms with E-state index in [4.69, 9.17) is 14.1 Å². The maximum atomic E-state index is 11.9. The second kappa shape index (κ2) is 8.45. The summed E-state index contributed by atoms with van der Waals surface area (Å²) >= 11 is 6.89. The molecule has 0 spiro atoms. The molecule has 1 aliphatic rings. The van der Waals surface area contributed by atoms with Crippen molar-refractivity contribution in [3.8, 4) is 11.5 Å². The molecule has 0 radical (unpaired) electrons. The minimum absolute atomic E-state index is 0.152. The van der Waals surface area contributed by atoms with Crippen LogP contribution in [0.5, 0.6) is 11.5 Å². The lowest BCUT2D eigenvalue weighted by molar-refractivity contribution is 0.0498. The largest absolute Gasteiger partial charge is 0.495 e. The fourth-order valence-electron chi connectivity index (χ4n) is 2.82. The van der Waals surface area contributed by atoms with Crippen LogP contribution in [0.1, 0.15) is 32.4 Å². The van der Waals surface area contributed by atoms with E-state index in [1.165, 1.54) is 0 Å². The van der Waals surface area contributed by atoms with E-state index >= 15 is 0 Å². The number of ether oxygens (including phenoxy) is 2. The second-order valence-corrected chi connectivity index (χ2v) is 9.06. The Kier molecular flexibility index (Phi) is 6.39. The van der Waals surface area contributed by atoms with Crippen molar-refractivity contribution < 1.29 is 23.9 Å². The van der Waals surface area contributed by atoms with Crippen molar-refractivity contribution in [1.82, 2.24) is 5.32 Å². The van der Waals surface area contributed by atoms with E-state index in [0.29, 0.717) is 17.0 Å². The molecule has 0 bridgehead atoms. The highest BCUT2D eigenvalue weighted by Gasteiger charge is 2.40. The Morgan fingerprint density at radius 3 is 2.54 bits per heavy atom. The van der Waals surface area contributed by atoms with Crippen molar-refractivity contribution in [2.45, 2.75) is 32.5 Å². The average molecular weight is 513 g/mol. The molecule has 1 atom stereocenters. The normalized spacial score (nSPS) is 15.9. The molecule has 0 saturated heterocycles. The van der Waals surface area contributed by atoms with E-state index in [0.717, 1.165) is 14.5 Å². The number of benzene rings is 2. The summed E-state index contributed by atoms with van der Waals surface area (Å²) in [5, 5.41) is 13.1. The molecule has 1 unspecified atom stereocenters. The van der Waals surface area contributed by atoms with Crippen LogP contribution < -0.4 is 15.5 Å². The van der Waals surface area contributed by atoms with Gasteiger partial charge in [-0.05, 0) is 62.7 Å². The van der Waals surface area contributed by atoms with Crippen molar-refractivity contribution in [2.75, 3.05) is 6.54 Å². The lowest BCUT2D eigenvalue weighted by Gasteiger charge is -2.21. The summed E-state index contributed by atoms with van der Waals surface area (Å²) in [6, 6.07) is 11.0. The molecular weight excluding hydrogens is 493 g/mol. The molecule has 9 heteroatoms. The summed E-state index contributed by atoms with van der Waals surface area (Å²) in [6.45, 7) is 5.53. The Bertz CT molecular complexity index is 870. The van der Waals surface area contributed by atoms with Crippen molar-refractivity contribution in [3.63, 3.8) is 0 Å². The quantitative estimate of drug-likeness (QED) is 0.598. The second-order valence-electron chi connectivity index (χ2n) is 7.29. The third-order valence-electron chi connectivity index (χ3n) is 3.93. The summed E-state index contributed by atoms with van der Waals surface area (Å²) in [5.41, 5.74) is 0.677. The highest BCUT2D eigenvalue weighted by atomic mass is 79.9. The Balaban J connectivity index is 1.80. The summed E-state index contributed by atoms with van der Waals surface area (Å²) in [6.07, 6.45) is -1.09. The van der Waals surface area contributed by atoms with Gasteiger partial charge in [-0.2, -0.15) is 0 Å². The zero-order valence-corrected chi connectivity index (χ0v) is 18.8. The minimum atomic E-state index is -1.16. The van der Waals surface area contributed by atoms with Crippen LogP contribution >= 0.6 is 31.9 Å². The van der Waals surface area contributed by atoms with Crippen molar-refractivity contribution >= 4 is 50.5 Å². The first kappa shape index (κ1) is 21.2. The number of amides is 1. The Morgan fingerprint density at radius 1 is 1.21 bits per heavy atom. The SMILES string of the molecule is CC(C)(C)OC(=O)NCC1OB(O)c2c(Oc3ccc(Br)cc3)ccc(Br)c21. The number of fused-ring (bicyclic) bond motifs is 1. The van der Waals surface area contributed by atoms with Crippen LogP contribution in [-0.4, -0.2) is 30.4 Å². The molecule has 0 aliphatic carbocycles. The van der Waals surface area contributed by atoms with Gasteiger partial charge in [0.25, 0.3) is 0 Å². The molecule has 0 fully saturated rings. The first-order chi connectivity index (χ1) is 13.1. The molecule has 2 N–H and O–H groups in total. The van der Waals surface area contributed by atoms with Crippen molar-refractivity contribution in [3.05, 3.63) is 50.9 Å². The third kappa shape index (κ3) is 5.08. The van der Waals surface area contributed by atoms with Gasteiger partial charge in [0.1, 0.15) is 17.1 Å². The van der Waals surface area contributed by atoms with Crippen LogP contribution in [0.3, 0.4) is 0 Å².